The van der Waals surface area contributed by atoms with Crippen molar-refractivity contribution in [1.29, 1.82) is 0 Å². The van der Waals surface area contributed by atoms with Crippen molar-refractivity contribution in [3.05, 3.63) is 252 Å². The van der Waals surface area contributed by atoms with Crippen LogP contribution in [0.3, 0.4) is 0 Å². The standard InChI is InChI=1S/C57H41N/c1-4-19-46(20-5-1)57(47-21-6-2-7-22-47)55-27-15-14-26-52(55)53-35-34-50(39-56(53)57)58(48-23-8-3-9-24-48)49-32-30-41(31-33-49)45-37-43-18-12-13-25-51(43)54(38-45)44-29-28-40-16-10-11-17-42(40)36-44/h1-10,12-16,18-39H,11,17H2. The van der Waals surface area contributed by atoms with Crippen molar-refractivity contribution >= 4 is 33.9 Å². The van der Waals surface area contributed by atoms with E-state index in [9.17, 15) is 0 Å². The molecule has 0 heterocycles. The third-order valence-electron chi connectivity index (χ3n) is 12.4. The third kappa shape index (κ3) is 5.54. The summed E-state index contributed by atoms with van der Waals surface area (Å²) in [5, 5.41) is 2.53. The average Bonchev–Trinajstić information content (AvgIpc) is 3.60. The zero-order chi connectivity index (χ0) is 38.5. The average molecular weight is 740 g/mol. The highest BCUT2D eigenvalue weighted by atomic mass is 15.1. The molecule has 0 spiro atoms. The zero-order valence-corrected chi connectivity index (χ0v) is 32.2. The van der Waals surface area contributed by atoms with Crippen molar-refractivity contribution in [1.82, 2.24) is 0 Å². The van der Waals surface area contributed by atoms with E-state index in [-0.39, 0.29) is 0 Å². The Morgan fingerprint density at radius 3 is 1.79 bits per heavy atom. The van der Waals surface area contributed by atoms with Crippen LogP contribution >= 0.6 is 0 Å². The van der Waals surface area contributed by atoms with E-state index in [1.165, 1.54) is 77.5 Å². The number of aryl methyl sites for hydroxylation is 1. The molecule has 0 radical (unpaired) electrons. The highest BCUT2D eigenvalue weighted by molar-refractivity contribution is 6.00. The second-order valence-corrected chi connectivity index (χ2v) is 15.6. The number of para-hydroxylation sites is 1. The molecule has 0 atom stereocenters. The lowest BCUT2D eigenvalue weighted by Crippen LogP contribution is -2.28. The van der Waals surface area contributed by atoms with Crippen LogP contribution in [-0.4, -0.2) is 0 Å². The number of nitrogens with zero attached hydrogens (tertiary/aromatic N) is 1. The van der Waals surface area contributed by atoms with Gasteiger partial charge in [0.2, 0.25) is 0 Å². The van der Waals surface area contributed by atoms with Gasteiger partial charge in [-0.15, -0.1) is 0 Å². The minimum Gasteiger partial charge on any atom is -0.310 e. The first-order chi connectivity index (χ1) is 28.8. The molecule has 0 aromatic heterocycles. The first kappa shape index (κ1) is 34.1. The minimum atomic E-state index is -0.473. The highest BCUT2D eigenvalue weighted by Gasteiger charge is 2.46. The van der Waals surface area contributed by atoms with Crippen LogP contribution in [0.1, 0.15) is 39.8 Å². The number of allylic oxidation sites excluding steroid dienone is 1. The summed E-state index contributed by atoms with van der Waals surface area (Å²) >= 11 is 0. The topological polar surface area (TPSA) is 3.24 Å². The Bertz CT molecular complexity index is 2940. The monoisotopic (exact) mass is 739 g/mol. The molecule has 0 N–H and O–H groups in total. The summed E-state index contributed by atoms with van der Waals surface area (Å²) in [4.78, 5) is 2.40. The van der Waals surface area contributed by atoms with Crippen molar-refractivity contribution in [3.63, 3.8) is 0 Å². The molecular weight excluding hydrogens is 699 g/mol. The third-order valence-corrected chi connectivity index (χ3v) is 12.4. The van der Waals surface area contributed by atoms with Gasteiger partial charge in [-0.05, 0) is 139 Å². The Hall–Kier alpha value is -7.22. The zero-order valence-electron chi connectivity index (χ0n) is 32.2. The minimum absolute atomic E-state index is 0.473. The summed E-state index contributed by atoms with van der Waals surface area (Å²) in [6.07, 6.45) is 6.74. The lowest BCUT2D eigenvalue weighted by molar-refractivity contribution is 0.768. The number of fused-ring (bicyclic) bond motifs is 5. The summed E-state index contributed by atoms with van der Waals surface area (Å²) in [5.41, 5.74) is 18.3. The van der Waals surface area contributed by atoms with Gasteiger partial charge in [-0.25, -0.2) is 0 Å². The highest BCUT2D eigenvalue weighted by Crippen LogP contribution is 2.57. The maximum atomic E-state index is 2.44. The molecule has 0 fully saturated rings. The van der Waals surface area contributed by atoms with Crippen molar-refractivity contribution < 1.29 is 0 Å². The number of benzene rings is 9. The number of anilines is 3. The van der Waals surface area contributed by atoms with Gasteiger partial charge in [0.05, 0.1) is 5.41 Å². The molecule has 0 bridgehead atoms. The van der Waals surface area contributed by atoms with Gasteiger partial charge in [0, 0.05) is 17.1 Å². The number of hydrogen-bond donors (Lipinski definition) is 0. The first-order valence-electron chi connectivity index (χ1n) is 20.4. The molecule has 1 nitrogen and oxygen atoms in total. The molecule has 9 aromatic rings. The molecule has 0 aliphatic heterocycles. The SMILES string of the molecule is C1=Cc2ccc(-c3cc(-c4ccc(N(c5ccccc5)c5ccc6c(c5)C(c5ccccc5)(c5ccccc5)c5ccccc5-6)cc4)cc4ccccc34)cc2CC1. The molecule has 2 aliphatic rings. The maximum Gasteiger partial charge on any atom is 0.0714 e. The summed E-state index contributed by atoms with van der Waals surface area (Å²) < 4.78 is 0. The fraction of sp³-hybridized carbons (Fsp3) is 0.0526. The van der Waals surface area contributed by atoms with Gasteiger partial charge < -0.3 is 4.90 Å². The molecule has 1 heteroatoms. The first-order valence-corrected chi connectivity index (χ1v) is 20.4. The number of rotatable bonds is 7. The van der Waals surface area contributed by atoms with Gasteiger partial charge in [-0.3, -0.25) is 0 Å². The van der Waals surface area contributed by atoms with Gasteiger partial charge in [0.1, 0.15) is 0 Å². The van der Waals surface area contributed by atoms with Crippen molar-refractivity contribution in [2.75, 3.05) is 4.90 Å². The summed E-state index contributed by atoms with van der Waals surface area (Å²) in [5.74, 6) is 0. The molecule has 11 rings (SSSR count). The van der Waals surface area contributed by atoms with E-state index < -0.39 is 5.41 Å². The van der Waals surface area contributed by atoms with E-state index in [0.717, 1.165) is 29.9 Å². The lowest BCUT2D eigenvalue weighted by Gasteiger charge is -2.35. The predicted octanol–water partition coefficient (Wildman–Crippen LogP) is 15.0. The molecule has 274 valence electrons. The number of hydrogen-bond acceptors (Lipinski definition) is 1. The van der Waals surface area contributed by atoms with Crippen LogP contribution in [0.25, 0.3) is 50.2 Å². The van der Waals surface area contributed by atoms with E-state index >= 15 is 0 Å². The van der Waals surface area contributed by atoms with Crippen LogP contribution in [-0.2, 0) is 11.8 Å². The van der Waals surface area contributed by atoms with Crippen LogP contribution in [0.2, 0.25) is 0 Å². The molecule has 58 heavy (non-hydrogen) atoms. The molecule has 9 aromatic carbocycles. The van der Waals surface area contributed by atoms with E-state index in [1.54, 1.807) is 0 Å². The van der Waals surface area contributed by atoms with Crippen molar-refractivity contribution in [2.45, 2.75) is 18.3 Å². The van der Waals surface area contributed by atoms with Crippen LogP contribution in [0, 0.1) is 0 Å². The molecule has 0 saturated heterocycles. The van der Waals surface area contributed by atoms with Gasteiger partial charge >= 0.3 is 0 Å². The van der Waals surface area contributed by atoms with Gasteiger partial charge in [0.25, 0.3) is 0 Å². The summed E-state index contributed by atoms with van der Waals surface area (Å²) in [6, 6.07) is 78.6. The fourth-order valence-electron chi connectivity index (χ4n) is 9.72. The second-order valence-electron chi connectivity index (χ2n) is 15.6. The summed E-state index contributed by atoms with van der Waals surface area (Å²) in [7, 11) is 0. The predicted molar refractivity (Wildman–Crippen MR) is 244 cm³/mol. The van der Waals surface area contributed by atoms with E-state index in [0.29, 0.717) is 0 Å². The van der Waals surface area contributed by atoms with E-state index in [2.05, 4.69) is 229 Å². The van der Waals surface area contributed by atoms with Crippen LogP contribution < -0.4 is 4.90 Å². The van der Waals surface area contributed by atoms with Crippen molar-refractivity contribution in [3.8, 4) is 33.4 Å². The van der Waals surface area contributed by atoms with E-state index in [1.807, 2.05) is 0 Å². The smallest absolute Gasteiger partial charge is 0.0714 e. The quantitative estimate of drug-likeness (QED) is 0.157. The van der Waals surface area contributed by atoms with Crippen LogP contribution in [0.15, 0.2) is 218 Å². The lowest BCUT2D eigenvalue weighted by atomic mass is 9.67. The molecule has 0 saturated carbocycles. The van der Waals surface area contributed by atoms with Gasteiger partial charge in [0.15, 0.2) is 0 Å². The maximum absolute atomic E-state index is 2.44. The fourth-order valence-corrected chi connectivity index (χ4v) is 9.72. The molecule has 0 amide bonds. The van der Waals surface area contributed by atoms with E-state index in [4.69, 9.17) is 0 Å². The van der Waals surface area contributed by atoms with Crippen molar-refractivity contribution in [2.24, 2.45) is 0 Å². The molecular formula is C57H41N. The summed E-state index contributed by atoms with van der Waals surface area (Å²) in [6.45, 7) is 0. The van der Waals surface area contributed by atoms with Crippen LogP contribution in [0.5, 0.6) is 0 Å². The Morgan fingerprint density at radius 1 is 0.397 bits per heavy atom. The van der Waals surface area contributed by atoms with Gasteiger partial charge in [-0.1, -0.05) is 176 Å². The molecule has 2 aliphatic carbocycles. The normalized spacial score (nSPS) is 13.4. The Balaban J connectivity index is 1.05. The Kier molecular flexibility index (Phi) is 8.26. The largest absolute Gasteiger partial charge is 0.310 e. The van der Waals surface area contributed by atoms with Crippen LogP contribution in [0.4, 0.5) is 17.1 Å². The molecule has 0 unspecified atom stereocenters. The van der Waals surface area contributed by atoms with Gasteiger partial charge in [-0.2, -0.15) is 0 Å². The Morgan fingerprint density at radius 2 is 1.02 bits per heavy atom. The Labute approximate surface area is 340 Å². The second kappa shape index (κ2) is 14.1.